The van der Waals surface area contributed by atoms with E-state index >= 15 is 0 Å². The molecule has 2 heterocycles. The number of aryl methyl sites for hydroxylation is 2. The minimum atomic E-state index is 0.437. The number of nitrogens with zero attached hydrogens (tertiary/aromatic N) is 4. The maximum atomic E-state index is 5.96. The maximum Gasteiger partial charge on any atom is 0.277 e. The molecule has 0 aliphatic heterocycles. The number of thioether (sulfide) groups is 1. The predicted octanol–water partition coefficient (Wildman–Crippen LogP) is 3.72. The van der Waals surface area contributed by atoms with E-state index in [4.69, 9.17) is 16.0 Å². The molecule has 0 saturated heterocycles. The van der Waals surface area contributed by atoms with E-state index in [-0.39, 0.29) is 0 Å². The Labute approximate surface area is 131 Å². The molecule has 3 aromatic rings. The number of benzene rings is 1. The van der Waals surface area contributed by atoms with Crippen molar-refractivity contribution < 1.29 is 4.42 Å². The van der Waals surface area contributed by atoms with E-state index in [0.717, 1.165) is 22.0 Å². The third-order valence-corrected chi connectivity index (χ3v) is 4.12. The molecule has 0 N–H and O–H groups in total. The SMILES string of the molecule is Cc1cc(-c2nnc(SCc3cccc(Cl)c3)o2)nn1C. The van der Waals surface area contributed by atoms with E-state index in [1.165, 1.54) is 11.8 Å². The van der Waals surface area contributed by atoms with Crippen molar-refractivity contribution in [2.75, 3.05) is 0 Å². The summed E-state index contributed by atoms with van der Waals surface area (Å²) in [4.78, 5) is 0. The Hall–Kier alpha value is -1.79. The summed E-state index contributed by atoms with van der Waals surface area (Å²) < 4.78 is 7.40. The lowest BCUT2D eigenvalue weighted by Crippen LogP contribution is -1.92. The van der Waals surface area contributed by atoms with Gasteiger partial charge in [0.1, 0.15) is 5.69 Å². The van der Waals surface area contributed by atoms with Gasteiger partial charge in [0, 0.05) is 23.5 Å². The van der Waals surface area contributed by atoms with Crippen molar-refractivity contribution in [1.29, 1.82) is 0 Å². The molecule has 3 rings (SSSR count). The molecular weight excluding hydrogens is 308 g/mol. The van der Waals surface area contributed by atoms with Crippen LogP contribution >= 0.6 is 23.4 Å². The average molecular weight is 321 g/mol. The van der Waals surface area contributed by atoms with Gasteiger partial charge in [-0.3, -0.25) is 4.68 Å². The summed E-state index contributed by atoms with van der Waals surface area (Å²) in [7, 11) is 1.88. The van der Waals surface area contributed by atoms with Crippen molar-refractivity contribution in [3.05, 3.63) is 46.6 Å². The molecular formula is C14H13ClN4OS. The van der Waals surface area contributed by atoms with Gasteiger partial charge < -0.3 is 4.42 Å². The van der Waals surface area contributed by atoms with Crippen LogP contribution in [-0.4, -0.2) is 20.0 Å². The topological polar surface area (TPSA) is 56.7 Å². The summed E-state index contributed by atoms with van der Waals surface area (Å²) in [6, 6.07) is 9.63. The van der Waals surface area contributed by atoms with Crippen LogP contribution in [0.25, 0.3) is 11.6 Å². The molecule has 0 spiro atoms. The highest BCUT2D eigenvalue weighted by Crippen LogP contribution is 2.26. The summed E-state index contributed by atoms with van der Waals surface area (Å²) in [5.74, 6) is 1.16. The second kappa shape index (κ2) is 5.91. The number of aromatic nitrogens is 4. The van der Waals surface area contributed by atoms with Gasteiger partial charge in [-0.1, -0.05) is 35.5 Å². The first kappa shape index (κ1) is 14.2. The molecule has 1 aromatic carbocycles. The molecule has 2 aromatic heterocycles. The molecule has 21 heavy (non-hydrogen) atoms. The molecule has 5 nitrogen and oxygen atoms in total. The maximum absolute atomic E-state index is 5.96. The van der Waals surface area contributed by atoms with Crippen LogP contribution in [0.2, 0.25) is 5.02 Å². The fourth-order valence-electron chi connectivity index (χ4n) is 1.81. The fraction of sp³-hybridized carbons (Fsp3) is 0.214. The molecule has 7 heteroatoms. The lowest BCUT2D eigenvalue weighted by molar-refractivity contribution is 0.464. The molecule has 0 atom stereocenters. The molecule has 0 aliphatic carbocycles. The number of halogens is 1. The number of rotatable bonds is 4. The van der Waals surface area contributed by atoms with E-state index in [2.05, 4.69) is 15.3 Å². The van der Waals surface area contributed by atoms with Gasteiger partial charge >= 0.3 is 0 Å². The zero-order chi connectivity index (χ0) is 14.8. The predicted molar refractivity (Wildman–Crippen MR) is 82.3 cm³/mol. The van der Waals surface area contributed by atoms with E-state index < -0.39 is 0 Å². The Morgan fingerprint density at radius 3 is 2.86 bits per heavy atom. The largest absolute Gasteiger partial charge is 0.410 e. The standard InChI is InChI=1S/C14H13ClN4OS/c1-9-6-12(18-19(9)2)13-16-17-14(20-13)21-8-10-4-3-5-11(15)7-10/h3-7H,8H2,1-2H3. The fourth-order valence-corrected chi connectivity index (χ4v) is 2.73. The van der Waals surface area contributed by atoms with E-state index in [1.807, 2.05) is 44.3 Å². The molecule has 108 valence electrons. The molecule has 0 saturated carbocycles. The lowest BCUT2D eigenvalue weighted by Gasteiger charge is -1.98. The van der Waals surface area contributed by atoms with E-state index in [9.17, 15) is 0 Å². The zero-order valence-electron chi connectivity index (χ0n) is 11.6. The Morgan fingerprint density at radius 1 is 1.29 bits per heavy atom. The second-order valence-corrected chi connectivity index (χ2v) is 5.95. The minimum absolute atomic E-state index is 0.437. The van der Waals surface area contributed by atoms with Gasteiger partial charge in [0.15, 0.2) is 0 Å². The van der Waals surface area contributed by atoms with Gasteiger partial charge in [-0.25, -0.2) is 0 Å². The van der Waals surface area contributed by atoms with Crippen LogP contribution in [0.3, 0.4) is 0 Å². The van der Waals surface area contributed by atoms with Gasteiger partial charge in [-0.05, 0) is 30.7 Å². The molecule has 0 bridgehead atoms. The Balaban J connectivity index is 1.70. The van der Waals surface area contributed by atoms with Crippen molar-refractivity contribution in [3.63, 3.8) is 0 Å². The first-order valence-electron chi connectivity index (χ1n) is 6.33. The zero-order valence-corrected chi connectivity index (χ0v) is 13.1. The quantitative estimate of drug-likeness (QED) is 0.686. The van der Waals surface area contributed by atoms with E-state index in [1.54, 1.807) is 4.68 Å². The van der Waals surface area contributed by atoms with Crippen LogP contribution in [0.1, 0.15) is 11.3 Å². The summed E-state index contributed by atoms with van der Waals surface area (Å²) in [5, 5.41) is 13.6. The summed E-state index contributed by atoms with van der Waals surface area (Å²) in [5.41, 5.74) is 2.84. The normalized spacial score (nSPS) is 11.0. The summed E-state index contributed by atoms with van der Waals surface area (Å²) >= 11 is 7.43. The second-order valence-electron chi connectivity index (χ2n) is 4.59. The molecule has 0 amide bonds. The Kier molecular flexibility index (Phi) is 3.98. The van der Waals surface area contributed by atoms with Crippen LogP contribution < -0.4 is 0 Å². The third-order valence-electron chi connectivity index (χ3n) is 2.99. The minimum Gasteiger partial charge on any atom is -0.410 e. The van der Waals surface area contributed by atoms with Crippen LogP contribution in [0.4, 0.5) is 0 Å². The van der Waals surface area contributed by atoms with Crippen molar-refractivity contribution >= 4 is 23.4 Å². The van der Waals surface area contributed by atoms with Crippen molar-refractivity contribution in [1.82, 2.24) is 20.0 Å². The highest BCUT2D eigenvalue weighted by atomic mass is 35.5. The number of hydrogen-bond acceptors (Lipinski definition) is 5. The van der Waals surface area contributed by atoms with E-state index in [0.29, 0.717) is 16.8 Å². The molecule has 0 radical (unpaired) electrons. The third kappa shape index (κ3) is 3.28. The van der Waals surface area contributed by atoms with Gasteiger partial charge in [-0.15, -0.1) is 10.2 Å². The summed E-state index contributed by atoms with van der Waals surface area (Å²) in [6.07, 6.45) is 0. The van der Waals surface area contributed by atoms with Crippen molar-refractivity contribution in [2.45, 2.75) is 17.9 Å². The van der Waals surface area contributed by atoms with Crippen LogP contribution in [0, 0.1) is 6.92 Å². The molecule has 0 unspecified atom stereocenters. The van der Waals surface area contributed by atoms with Crippen LogP contribution in [0.5, 0.6) is 0 Å². The smallest absolute Gasteiger partial charge is 0.277 e. The monoisotopic (exact) mass is 320 g/mol. The first-order chi connectivity index (χ1) is 10.1. The number of hydrogen-bond donors (Lipinski definition) is 0. The average Bonchev–Trinajstić information content (AvgIpc) is 3.04. The van der Waals surface area contributed by atoms with Gasteiger partial charge in [0.05, 0.1) is 0 Å². The lowest BCUT2D eigenvalue weighted by atomic mass is 10.2. The van der Waals surface area contributed by atoms with Gasteiger partial charge in [-0.2, -0.15) is 5.10 Å². The van der Waals surface area contributed by atoms with Crippen molar-refractivity contribution in [2.24, 2.45) is 7.05 Å². The van der Waals surface area contributed by atoms with Crippen LogP contribution in [0.15, 0.2) is 40.0 Å². The van der Waals surface area contributed by atoms with Gasteiger partial charge in [0.25, 0.3) is 11.1 Å². The van der Waals surface area contributed by atoms with Gasteiger partial charge in [0.2, 0.25) is 0 Å². The Morgan fingerprint density at radius 2 is 2.14 bits per heavy atom. The molecule has 0 aliphatic rings. The first-order valence-corrected chi connectivity index (χ1v) is 7.70. The van der Waals surface area contributed by atoms with Crippen LogP contribution in [-0.2, 0) is 12.8 Å². The molecule has 0 fully saturated rings. The highest BCUT2D eigenvalue weighted by Gasteiger charge is 2.13. The van der Waals surface area contributed by atoms with Crippen molar-refractivity contribution in [3.8, 4) is 11.6 Å². The Bertz CT molecular complexity index is 748. The summed E-state index contributed by atoms with van der Waals surface area (Å²) in [6.45, 7) is 1.97. The highest BCUT2D eigenvalue weighted by molar-refractivity contribution is 7.98.